The van der Waals surface area contributed by atoms with Crippen molar-refractivity contribution < 1.29 is 0 Å². The van der Waals surface area contributed by atoms with Crippen molar-refractivity contribution in [3.05, 3.63) is 0 Å². The number of hydrogen-bond donors (Lipinski definition) is 1. The van der Waals surface area contributed by atoms with E-state index in [1.165, 1.54) is 25.0 Å². The van der Waals surface area contributed by atoms with Gasteiger partial charge in [-0.2, -0.15) is 11.8 Å². The molecule has 0 bridgehead atoms. The van der Waals surface area contributed by atoms with E-state index in [9.17, 15) is 0 Å². The van der Waals surface area contributed by atoms with Crippen LogP contribution in [0.3, 0.4) is 0 Å². The summed E-state index contributed by atoms with van der Waals surface area (Å²) in [6.45, 7) is 7.93. The molecule has 1 N–H and O–H groups in total. The normalized spacial score (nSPS) is 15.7. The molecule has 0 aliphatic heterocycles. The molecular weight excluding hydrogens is 178 g/mol. The zero-order valence-corrected chi connectivity index (χ0v) is 10.4. The van der Waals surface area contributed by atoms with E-state index >= 15 is 0 Å². The summed E-state index contributed by atoms with van der Waals surface area (Å²) in [6.07, 6.45) is 6.22. The van der Waals surface area contributed by atoms with Gasteiger partial charge >= 0.3 is 0 Å². The van der Waals surface area contributed by atoms with Crippen molar-refractivity contribution in [3.8, 4) is 0 Å². The Kier molecular flexibility index (Phi) is 9.10. The van der Waals surface area contributed by atoms with Crippen molar-refractivity contribution in [2.45, 2.75) is 46.1 Å². The average Bonchev–Trinajstić information content (AvgIpc) is 2.05. The van der Waals surface area contributed by atoms with Crippen LogP contribution >= 0.6 is 11.8 Å². The largest absolute Gasteiger partial charge is 0.313 e. The Morgan fingerprint density at radius 2 is 2.00 bits per heavy atom. The van der Waals surface area contributed by atoms with Crippen LogP contribution in [0.15, 0.2) is 0 Å². The number of thioether (sulfide) groups is 1. The van der Waals surface area contributed by atoms with Gasteiger partial charge in [-0.25, -0.2) is 0 Å². The maximum atomic E-state index is 3.55. The molecule has 0 spiro atoms. The summed E-state index contributed by atoms with van der Waals surface area (Å²) >= 11 is 1.95. The van der Waals surface area contributed by atoms with Crippen LogP contribution in [0.5, 0.6) is 0 Å². The Labute approximate surface area is 88.1 Å². The van der Waals surface area contributed by atoms with Crippen LogP contribution < -0.4 is 5.32 Å². The highest BCUT2D eigenvalue weighted by molar-refractivity contribution is 7.98. The highest BCUT2D eigenvalue weighted by Crippen LogP contribution is 2.14. The molecule has 0 rings (SSSR count). The lowest BCUT2D eigenvalue weighted by Crippen LogP contribution is -2.32. The molecule has 0 aromatic heterocycles. The van der Waals surface area contributed by atoms with Crippen LogP contribution in [0.2, 0.25) is 0 Å². The smallest absolute Gasteiger partial charge is 0.0160 e. The van der Waals surface area contributed by atoms with Gasteiger partial charge in [0.1, 0.15) is 0 Å². The van der Waals surface area contributed by atoms with Gasteiger partial charge in [0.25, 0.3) is 0 Å². The first-order valence-electron chi connectivity index (χ1n) is 5.46. The summed E-state index contributed by atoms with van der Waals surface area (Å²) in [5.74, 6) is 2.13. The Hall–Kier alpha value is 0.310. The van der Waals surface area contributed by atoms with Crippen molar-refractivity contribution in [2.75, 3.05) is 18.6 Å². The highest BCUT2D eigenvalue weighted by atomic mass is 32.2. The molecule has 0 heterocycles. The van der Waals surface area contributed by atoms with E-state index in [1.807, 2.05) is 11.8 Å². The van der Waals surface area contributed by atoms with Gasteiger partial charge in [0.15, 0.2) is 0 Å². The molecule has 0 saturated carbocycles. The van der Waals surface area contributed by atoms with Crippen molar-refractivity contribution in [1.29, 1.82) is 0 Å². The molecule has 1 nitrogen and oxygen atoms in total. The van der Waals surface area contributed by atoms with Crippen molar-refractivity contribution in [2.24, 2.45) is 5.92 Å². The zero-order chi connectivity index (χ0) is 10.1. The molecule has 0 amide bonds. The van der Waals surface area contributed by atoms with Crippen molar-refractivity contribution in [1.82, 2.24) is 5.32 Å². The Bertz CT molecular complexity index is 100. The quantitative estimate of drug-likeness (QED) is 0.650. The fourth-order valence-electron chi connectivity index (χ4n) is 1.80. The van der Waals surface area contributed by atoms with E-state index < -0.39 is 0 Å². The Morgan fingerprint density at radius 3 is 2.46 bits per heavy atom. The third-order valence-electron chi connectivity index (χ3n) is 2.33. The molecule has 0 aliphatic rings. The van der Waals surface area contributed by atoms with Crippen LogP contribution in [0.1, 0.15) is 40.0 Å². The minimum Gasteiger partial charge on any atom is -0.313 e. The molecule has 0 fully saturated rings. The monoisotopic (exact) mass is 203 g/mol. The van der Waals surface area contributed by atoms with Crippen LogP contribution in [0.25, 0.3) is 0 Å². The fraction of sp³-hybridized carbons (Fsp3) is 1.00. The van der Waals surface area contributed by atoms with Crippen LogP contribution in [-0.4, -0.2) is 24.6 Å². The lowest BCUT2D eigenvalue weighted by molar-refractivity contribution is 0.409. The van der Waals surface area contributed by atoms with E-state index in [-0.39, 0.29) is 0 Å². The Balaban J connectivity index is 3.64. The molecule has 0 radical (unpaired) electrons. The molecule has 0 saturated heterocycles. The molecule has 0 aliphatic carbocycles. The van der Waals surface area contributed by atoms with E-state index in [1.54, 1.807) is 0 Å². The topological polar surface area (TPSA) is 12.0 Å². The molecule has 13 heavy (non-hydrogen) atoms. The average molecular weight is 203 g/mol. The standard InChI is InChI=1S/C11H25NS/c1-5-7-10(3)8-11(9-13-4)12-6-2/h10-12H,5-9H2,1-4H3. The Morgan fingerprint density at radius 1 is 1.31 bits per heavy atom. The molecule has 0 aromatic carbocycles. The zero-order valence-electron chi connectivity index (χ0n) is 9.60. The SMILES string of the molecule is CCCC(C)CC(CSC)NCC. The van der Waals surface area contributed by atoms with Gasteiger partial charge in [0, 0.05) is 11.8 Å². The van der Waals surface area contributed by atoms with Crippen LogP contribution in [0.4, 0.5) is 0 Å². The first kappa shape index (κ1) is 13.3. The molecule has 80 valence electrons. The van der Waals surface area contributed by atoms with Gasteiger partial charge in [-0.05, 0) is 25.1 Å². The second-order valence-electron chi connectivity index (χ2n) is 3.84. The fourth-order valence-corrected chi connectivity index (χ4v) is 2.45. The van der Waals surface area contributed by atoms with Gasteiger partial charge in [-0.15, -0.1) is 0 Å². The summed E-state index contributed by atoms with van der Waals surface area (Å²) in [4.78, 5) is 0. The van der Waals surface area contributed by atoms with Crippen LogP contribution in [0, 0.1) is 5.92 Å². The van der Waals surface area contributed by atoms with Gasteiger partial charge in [-0.1, -0.05) is 33.6 Å². The predicted octanol–water partition coefficient (Wildman–Crippen LogP) is 3.15. The summed E-state index contributed by atoms with van der Waals surface area (Å²) in [5.41, 5.74) is 0. The first-order valence-corrected chi connectivity index (χ1v) is 6.86. The summed E-state index contributed by atoms with van der Waals surface area (Å²) in [6, 6.07) is 0.724. The maximum absolute atomic E-state index is 3.55. The lowest BCUT2D eigenvalue weighted by atomic mass is 9.98. The molecule has 0 aromatic rings. The molecular formula is C11H25NS. The molecule has 2 heteroatoms. The third kappa shape index (κ3) is 7.39. The second kappa shape index (κ2) is 8.89. The third-order valence-corrected chi connectivity index (χ3v) is 3.06. The lowest BCUT2D eigenvalue weighted by Gasteiger charge is -2.20. The van der Waals surface area contributed by atoms with Gasteiger partial charge in [-0.3, -0.25) is 0 Å². The summed E-state index contributed by atoms with van der Waals surface area (Å²) < 4.78 is 0. The van der Waals surface area contributed by atoms with Gasteiger partial charge in [0.2, 0.25) is 0 Å². The highest BCUT2D eigenvalue weighted by Gasteiger charge is 2.10. The summed E-state index contributed by atoms with van der Waals surface area (Å²) in [5, 5.41) is 3.55. The second-order valence-corrected chi connectivity index (χ2v) is 4.75. The maximum Gasteiger partial charge on any atom is 0.0160 e. The van der Waals surface area contributed by atoms with E-state index in [0.29, 0.717) is 0 Å². The van der Waals surface area contributed by atoms with Crippen molar-refractivity contribution in [3.63, 3.8) is 0 Å². The first-order chi connectivity index (χ1) is 6.24. The minimum absolute atomic E-state index is 0.724. The van der Waals surface area contributed by atoms with E-state index in [2.05, 4.69) is 32.3 Å². The number of nitrogens with one attached hydrogen (secondary N) is 1. The summed E-state index contributed by atoms with van der Waals surface area (Å²) in [7, 11) is 0. The van der Waals surface area contributed by atoms with Crippen LogP contribution in [-0.2, 0) is 0 Å². The number of rotatable bonds is 8. The number of hydrogen-bond acceptors (Lipinski definition) is 2. The molecule has 2 unspecified atom stereocenters. The minimum atomic E-state index is 0.724. The van der Waals surface area contributed by atoms with E-state index in [4.69, 9.17) is 0 Å². The molecule has 2 atom stereocenters. The van der Waals surface area contributed by atoms with E-state index in [0.717, 1.165) is 18.5 Å². The van der Waals surface area contributed by atoms with Crippen molar-refractivity contribution >= 4 is 11.8 Å². The van der Waals surface area contributed by atoms with Gasteiger partial charge < -0.3 is 5.32 Å². The predicted molar refractivity (Wildman–Crippen MR) is 64.5 cm³/mol. The van der Waals surface area contributed by atoms with Gasteiger partial charge in [0.05, 0.1) is 0 Å².